The molecule has 9 heteroatoms. The fourth-order valence-electron chi connectivity index (χ4n) is 4.08. The van der Waals surface area contributed by atoms with E-state index >= 15 is 0 Å². The monoisotopic (exact) mass is 537 g/mol. The number of nitrogens with one attached hydrogen (secondary N) is 2. The fourth-order valence-corrected chi connectivity index (χ4v) is 4.33. The second-order valence-electron chi connectivity index (χ2n) is 10.5. The highest BCUT2D eigenvalue weighted by atomic mass is 32.1. The largest absolute Gasteiger partial charge is 0.508 e. The van der Waals surface area contributed by atoms with Crippen LogP contribution in [0.25, 0.3) is 0 Å². The van der Waals surface area contributed by atoms with Crippen LogP contribution in [0, 0.1) is 0 Å². The first kappa shape index (κ1) is 32.6. The molecule has 0 aliphatic carbocycles. The van der Waals surface area contributed by atoms with Gasteiger partial charge in [-0.15, -0.1) is 0 Å². The van der Waals surface area contributed by atoms with Crippen LogP contribution >= 0.6 is 12.6 Å². The smallest absolute Gasteiger partial charge is 0.408 e. The third-order valence-electron chi connectivity index (χ3n) is 5.81. The Kier molecular flexibility index (Phi) is 14.5. The van der Waals surface area contributed by atoms with E-state index < -0.39 is 29.7 Å². The van der Waals surface area contributed by atoms with Crippen molar-refractivity contribution in [2.45, 2.75) is 110 Å². The van der Waals surface area contributed by atoms with E-state index in [1.807, 2.05) is 13.8 Å². The molecule has 37 heavy (non-hydrogen) atoms. The van der Waals surface area contributed by atoms with Crippen molar-refractivity contribution in [3.8, 4) is 5.75 Å². The molecular weight excluding hydrogens is 490 g/mol. The van der Waals surface area contributed by atoms with E-state index in [1.165, 1.54) is 17.0 Å². The van der Waals surface area contributed by atoms with Gasteiger partial charge < -0.3 is 25.4 Å². The number of nitrogens with zero attached hydrogens (tertiary/aromatic N) is 1. The molecule has 3 unspecified atom stereocenters. The van der Waals surface area contributed by atoms with Crippen LogP contribution in [-0.2, 0) is 14.3 Å². The van der Waals surface area contributed by atoms with E-state index in [0.717, 1.165) is 38.5 Å². The molecule has 0 bridgehead atoms. The van der Waals surface area contributed by atoms with E-state index in [0.29, 0.717) is 18.5 Å². The Hall–Kier alpha value is -2.42. The molecule has 0 saturated carbocycles. The quantitative estimate of drug-likeness (QED) is 0.178. The summed E-state index contributed by atoms with van der Waals surface area (Å²) in [6.07, 6.45) is 5.79. The predicted molar refractivity (Wildman–Crippen MR) is 151 cm³/mol. The highest BCUT2D eigenvalue weighted by Gasteiger charge is 2.36. The number of ether oxygens (including phenoxy) is 1. The lowest BCUT2D eigenvalue weighted by molar-refractivity contribution is -0.142. The number of alkyl carbamates (subject to hydrolysis) is 1. The number of hydrogen-bond acceptors (Lipinski definition) is 6. The number of thiol groups is 1. The molecule has 1 aromatic carbocycles. The SMILES string of the molecule is CCCCCCCN(C(=O)C(CS)NC(=O)OC(C)(C)C)C(C(=O)NC(C)CCC)c1cccc(O)c1. The molecule has 0 aromatic heterocycles. The molecule has 0 spiro atoms. The summed E-state index contributed by atoms with van der Waals surface area (Å²) in [6.45, 7) is 11.7. The zero-order valence-corrected chi connectivity index (χ0v) is 24.3. The minimum absolute atomic E-state index is 0.00452. The van der Waals surface area contributed by atoms with Crippen molar-refractivity contribution in [2.75, 3.05) is 12.3 Å². The lowest BCUT2D eigenvalue weighted by Gasteiger charge is -2.35. The van der Waals surface area contributed by atoms with Crippen LogP contribution < -0.4 is 10.6 Å². The molecule has 1 aromatic rings. The van der Waals surface area contributed by atoms with Crippen LogP contribution in [0.5, 0.6) is 5.75 Å². The molecule has 0 heterocycles. The molecule has 0 radical (unpaired) electrons. The average molecular weight is 538 g/mol. The minimum atomic E-state index is -0.991. The van der Waals surface area contributed by atoms with Crippen molar-refractivity contribution < 1.29 is 24.2 Å². The summed E-state index contributed by atoms with van der Waals surface area (Å²) in [4.78, 5) is 41.5. The molecule has 3 N–H and O–H groups in total. The molecule has 8 nitrogen and oxygen atoms in total. The van der Waals surface area contributed by atoms with E-state index in [4.69, 9.17) is 4.74 Å². The summed E-state index contributed by atoms with van der Waals surface area (Å²) < 4.78 is 5.35. The summed E-state index contributed by atoms with van der Waals surface area (Å²) in [6, 6.07) is 4.35. The summed E-state index contributed by atoms with van der Waals surface area (Å²) in [7, 11) is 0. The summed E-state index contributed by atoms with van der Waals surface area (Å²) in [5.41, 5.74) is -0.231. The first-order valence-electron chi connectivity index (χ1n) is 13.4. The standard InChI is InChI=1S/C28H47N3O5S/c1-7-9-10-11-12-17-31(26(34)23(19-37)30-27(35)36-28(4,5)6)24(21-15-13-16-22(32)18-21)25(33)29-20(3)14-8-2/h13,15-16,18,20,23-24,32,37H,7-12,14,17,19H2,1-6H3,(H,29,33)(H,30,35). The van der Waals surface area contributed by atoms with Gasteiger partial charge in [0.2, 0.25) is 11.8 Å². The second-order valence-corrected chi connectivity index (χ2v) is 10.9. The van der Waals surface area contributed by atoms with Crippen LogP contribution in [0.15, 0.2) is 24.3 Å². The third kappa shape index (κ3) is 12.1. The summed E-state index contributed by atoms with van der Waals surface area (Å²) >= 11 is 4.32. The highest BCUT2D eigenvalue weighted by Crippen LogP contribution is 2.27. The molecule has 0 fully saturated rings. The average Bonchev–Trinajstić information content (AvgIpc) is 2.80. The van der Waals surface area contributed by atoms with Crippen molar-refractivity contribution in [2.24, 2.45) is 0 Å². The number of hydrogen-bond donors (Lipinski definition) is 4. The Bertz CT molecular complexity index is 858. The lowest BCUT2D eigenvalue weighted by Crippen LogP contribution is -2.54. The third-order valence-corrected chi connectivity index (χ3v) is 6.18. The van der Waals surface area contributed by atoms with Crippen molar-refractivity contribution in [1.29, 1.82) is 0 Å². The minimum Gasteiger partial charge on any atom is -0.508 e. The maximum absolute atomic E-state index is 13.9. The Morgan fingerprint density at radius 3 is 2.30 bits per heavy atom. The molecule has 0 aliphatic rings. The lowest BCUT2D eigenvalue weighted by atomic mass is 10.0. The van der Waals surface area contributed by atoms with Gasteiger partial charge in [-0.3, -0.25) is 9.59 Å². The first-order valence-corrected chi connectivity index (χ1v) is 14.1. The first-order chi connectivity index (χ1) is 17.4. The van der Waals surface area contributed by atoms with Crippen molar-refractivity contribution in [3.63, 3.8) is 0 Å². The van der Waals surface area contributed by atoms with Gasteiger partial charge in [-0.2, -0.15) is 12.6 Å². The van der Waals surface area contributed by atoms with Gasteiger partial charge in [0.05, 0.1) is 0 Å². The van der Waals surface area contributed by atoms with Gasteiger partial charge >= 0.3 is 6.09 Å². The number of carbonyl (C=O) groups is 3. The highest BCUT2D eigenvalue weighted by molar-refractivity contribution is 7.80. The molecular formula is C28H47N3O5S. The predicted octanol–water partition coefficient (Wildman–Crippen LogP) is 5.36. The van der Waals surface area contributed by atoms with Gasteiger partial charge in [-0.1, -0.05) is 58.1 Å². The second kappa shape index (κ2) is 16.4. The van der Waals surface area contributed by atoms with Gasteiger partial charge in [0.15, 0.2) is 0 Å². The van der Waals surface area contributed by atoms with Crippen molar-refractivity contribution in [3.05, 3.63) is 29.8 Å². The number of phenols is 1. The molecule has 3 atom stereocenters. The van der Waals surface area contributed by atoms with E-state index in [1.54, 1.807) is 32.9 Å². The topological polar surface area (TPSA) is 108 Å². The van der Waals surface area contributed by atoms with E-state index in [2.05, 4.69) is 30.2 Å². The van der Waals surface area contributed by atoms with Crippen molar-refractivity contribution >= 4 is 30.5 Å². The summed E-state index contributed by atoms with van der Waals surface area (Å²) in [5, 5.41) is 15.8. The molecule has 0 saturated heterocycles. The Morgan fingerprint density at radius 2 is 1.73 bits per heavy atom. The molecule has 1 rings (SSSR count). The number of rotatable bonds is 15. The van der Waals surface area contributed by atoms with Crippen LogP contribution in [-0.4, -0.2) is 57.9 Å². The van der Waals surface area contributed by atoms with E-state index in [-0.39, 0.29) is 23.5 Å². The zero-order valence-electron chi connectivity index (χ0n) is 23.4. The normalized spacial score (nSPS) is 13.8. The van der Waals surface area contributed by atoms with Gasteiger partial charge in [0.1, 0.15) is 23.4 Å². The van der Waals surface area contributed by atoms with Gasteiger partial charge in [0, 0.05) is 18.3 Å². The number of aromatic hydroxyl groups is 1. The Balaban J connectivity index is 3.37. The zero-order chi connectivity index (χ0) is 28.0. The van der Waals surface area contributed by atoms with Crippen molar-refractivity contribution in [1.82, 2.24) is 15.5 Å². The Morgan fingerprint density at radius 1 is 1.05 bits per heavy atom. The number of amides is 3. The van der Waals surface area contributed by atoms with Crippen LogP contribution in [0.2, 0.25) is 0 Å². The number of phenolic OH excluding ortho intramolecular Hbond substituents is 1. The van der Waals surface area contributed by atoms with E-state index in [9.17, 15) is 19.5 Å². The maximum atomic E-state index is 13.9. The van der Waals surface area contributed by atoms with Crippen LogP contribution in [0.3, 0.4) is 0 Å². The van der Waals surface area contributed by atoms with Crippen LogP contribution in [0.1, 0.15) is 98.1 Å². The molecule has 210 valence electrons. The number of carbonyl (C=O) groups excluding carboxylic acids is 3. The molecule has 0 aliphatic heterocycles. The molecule has 3 amide bonds. The van der Waals surface area contributed by atoms with Crippen LogP contribution in [0.4, 0.5) is 4.79 Å². The number of unbranched alkanes of at least 4 members (excludes halogenated alkanes) is 4. The van der Waals surface area contributed by atoms with Gasteiger partial charge in [-0.25, -0.2) is 4.79 Å². The number of benzene rings is 1. The van der Waals surface area contributed by atoms with Gasteiger partial charge in [-0.05, 0) is 58.2 Å². The Labute approximate surface area is 228 Å². The summed E-state index contributed by atoms with van der Waals surface area (Å²) in [5.74, 6) is -0.720. The van der Waals surface area contributed by atoms with Gasteiger partial charge in [0.25, 0.3) is 0 Å². The maximum Gasteiger partial charge on any atom is 0.408 e. The fraction of sp³-hybridized carbons (Fsp3) is 0.679.